The second-order valence-corrected chi connectivity index (χ2v) is 7.80. The quantitative estimate of drug-likeness (QED) is 0.314. The Kier molecular flexibility index (Phi) is 8.05. The van der Waals surface area contributed by atoms with Gasteiger partial charge in [0.05, 0.1) is 5.56 Å². The van der Waals surface area contributed by atoms with E-state index in [1.807, 2.05) is 30.3 Å². The number of rotatable bonds is 9. The Balaban J connectivity index is 1.63. The van der Waals surface area contributed by atoms with Crippen molar-refractivity contribution in [2.45, 2.75) is 13.0 Å². The Morgan fingerprint density at radius 1 is 1.06 bits per heavy atom. The highest BCUT2D eigenvalue weighted by Gasteiger charge is 2.25. The Labute approximate surface area is 182 Å². The monoisotopic (exact) mass is 429 g/mol. The molecule has 9 nitrogen and oxygen atoms in total. The number of hydrogen-bond acceptors (Lipinski definition) is 6. The molecule has 0 spiro atoms. The molecule has 9 heteroatoms. The molecule has 0 bridgehead atoms. The van der Waals surface area contributed by atoms with Gasteiger partial charge in [0.2, 0.25) is 0 Å². The molecule has 2 heterocycles. The van der Waals surface area contributed by atoms with Crippen molar-refractivity contribution in [2.75, 3.05) is 46.3 Å². The van der Waals surface area contributed by atoms with Crippen LogP contribution in [0.2, 0.25) is 0 Å². The lowest BCUT2D eigenvalue weighted by Gasteiger charge is -2.32. The smallest absolute Gasteiger partial charge is 0.295 e. The number of piperazine rings is 1. The highest BCUT2D eigenvalue weighted by atomic mass is 16.5. The van der Waals surface area contributed by atoms with Gasteiger partial charge in [0, 0.05) is 46.0 Å². The molecule has 168 valence electrons. The first-order valence-electron chi connectivity index (χ1n) is 10.5. The van der Waals surface area contributed by atoms with Gasteiger partial charge < -0.3 is 24.4 Å². The number of likely N-dealkylation sites (N-methyl/N-ethyl adjacent to an activating group) is 1. The van der Waals surface area contributed by atoms with E-state index >= 15 is 0 Å². The van der Waals surface area contributed by atoms with E-state index in [4.69, 9.17) is 9.94 Å². The van der Waals surface area contributed by atoms with Crippen molar-refractivity contribution in [1.82, 2.24) is 25.2 Å². The van der Waals surface area contributed by atoms with Crippen molar-refractivity contribution in [2.24, 2.45) is 7.05 Å². The molecule has 3 N–H and O–H groups in total. The molecule has 1 aliphatic rings. The molecule has 1 fully saturated rings. The van der Waals surface area contributed by atoms with Crippen molar-refractivity contribution in [3.63, 3.8) is 0 Å². The number of nitrogens with zero attached hydrogens (tertiary/aromatic N) is 3. The lowest BCUT2D eigenvalue weighted by atomic mass is 10.2. The maximum absolute atomic E-state index is 12.8. The SMILES string of the molecule is CN1CCN(CCCNC(=O)c2cn(C)c(C(=O)NO)c2OCc2ccccc2)CC1. The number of aryl methyl sites for hydroxylation is 1. The number of benzene rings is 1. The summed E-state index contributed by atoms with van der Waals surface area (Å²) in [4.78, 5) is 29.7. The van der Waals surface area contributed by atoms with Gasteiger partial charge in [-0.25, -0.2) is 5.48 Å². The van der Waals surface area contributed by atoms with Crippen molar-refractivity contribution < 1.29 is 19.5 Å². The zero-order chi connectivity index (χ0) is 22.2. The number of hydrogen-bond donors (Lipinski definition) is 3. The number of ether oxygens (including phenoxy) is 1. The summed E-state index contributed by atoms with van der Waals surface area (Å²) < 4.78 is 7.34. The van der Waals surface area contributed by atoms with Crippen LogP contribution in [0.3, 0.4) is 0 Å². The number of carbonyl (C=O) groups excluding carboxylic acids is 2. The van der Waals surface area contributed by atoms with Gasteiger partial charge in [0.15, 0.2) is 11.4 Å². The van der Waals surface area contributed by atoms with Gasteiger partial charge in [0.1, 0.15) is 6.61 Å². The summed E-state index contributed by atoms with van der Waals surface area (Å²) in [7, 11) is 3.75. The van der Waals surface area contributed by atoms with E-state index in [0.717, 1.165) is 44.7 Å². The first-order chi connectivity index (χ1) is 15.0. The van der Waals surface area contributed by atoms with Crippen molar-refractivity contribution in [1.29, 1.82) is 0 Å². The maximum atomic E-state index is 12.8. The van der Waals surface area contributed by atoms with Crippen molar-refractivity contribution in [3.8, 4) is 5.75 Å². The molecule has 2 aromatic rings. The largest absolute Gasteiger partial charge is 0.486 e. The minimum atomic E-state index is -0.736. The van der Waals surface area contributed by atoms with Crippen LogP contribution < -0.4 is 15.5 Å². The van der Waals surface area contributed by atoms with E-state index in [-0.39, 0.29) is 29.5 Å². The van der Waals surface area contributed by atoms with Crippen LogP contribution in [-0.2, 0) is 13.7 Å². The second-order valence-electron chi connectivity index (χ2n) is 7.80. The predicted octanol–water partition coefficient (Wildman–Crippen LogP) is 1.09. The van der Waals surface area contributed by atoms with Gasteiger partial charge >= 0.3 is 0 Å². The van der Waals surface area contributed by atoms with Gasteiger partial charge in [0.25, 0.3) is 11.8 Å². The van der Waals surface area contributed by atoms with Gasteiger partial charge in [-0.3, -0.25) is 14.8 Å². The van der Waals surface area contributed by atoms with Crippen LogP contribution in [0.25, 0.3) is 0 Å². The minimum absolute atomic E-state index is 0.0843. The molecule has 0 aliphatic carbocycles. The van der Waals surface area contributed by atoms with Gasteiger partial charge in [-0.1, -0.05) is 30.3 Å². The average Bonchev–Trinajstić information content (AvgIpc) is 3.12. The first-order valence-corrected chi connectivity index (χ1v) is 10.5. The van der Waals surface area contributed by atoms with Gasteiger partial charge in [-0.15, -0.1) is 0 Å². The fourth-order valence-electron chi connectivity index (χ4n) is 3.63. The molecule has 2 amide bonds. The van der Waals surface area contributed by atoms with E-state index in [0.29, 0.717) is 6.54 Å². The lowest BCUT2D eigenvalue weighted by molar-refractivity contribution is 0.0692. The molecule has 31 heavy (non-hydrogen) atoms. The van der Waals surface area contributed by atoms with E-state index in [2.05, 4.69) is 22.2 Å². The van der Waals surface area contributed by atoms with Crippen LogP contribution >= 0.6 is 0 Å². The topological polar surface area (TPSA) is 99.1 Å². The third kappa shape index (κ3) is 6.06. The van der Waals surface area contributed by atoms with E-state index in [9.17, 15) is 9.59 Å². The number of amides is 2. The van der Waals surface area contributed by atoms with Crippen LogP contribution in [-0.4, -0.2) is 77.7 Å². The molecule has 0 atom stereocenters. The third-order valence-electron chi connectivity index (χ3n) is 5.45. The fraction of sp³-hybridized carbons (Fsp3) is 0.455. The Bertz CT molecular complexity index is 876. The lowest BCUT2D eigenvalue weighted by Crippen LogP contribution is -2.45. The standard InChI is InChI=1S/C22H31N5O4/c1-25-11-13-27(14-12-25)10-6-9-23-21(28)18-15-26(2)19(22(29)24-30)20(18)31-16-17-7-4-3-5-8-17/h3-5,7-8,15,30H,6,9-14,16H2,1-2H3,(H,23,28)(H,24,29). The van der Waals surface area contributed by atoms with Gasteiger partial charge in [-0.2, -0.15) is 0 Å². The summed E-state index contributed by atoms with van der Waals surface area (Å²) in [5.41, 5.74) is 2.87. The molecule has 1 aromatic carbocycles. The summed E-state index contributed by atoms with van der Waals surface area (Å²) in [6, 6.07) is 9.47. The Morgan fingerprint density at radius 3 is 2.45 bits per heavy atom. The predicted molar refractivity (Wildman–Crippen MR) is 116 cm³/mol. The number of nitrogens with one attached hydrogen (secondary N) is 2. The van der Waals surface area contributed by atoms with E-state index in [1.54, 1.807) is 18.7 Å². The average molecular weight is 430 g/mol. The summed E-state index contributed by atoms with van der Waals surface area (Å²) in [5.74, 6) is -0.900. The molecule has 1 saturated heterocycles. The summed E-state index contributed by atoms with van der Waals surface area (Å²) in [6.07, 6.45) is 2.38. The van der Waals surface area contributed by atoms with Crippen LogP contribution in [0, 0.1) is 0 Å². The van der Waals surface area contributed by atoms with Crippen molar-refractivity contribution >= 4 is 11.8 Å². The number of carbonyl (C=O) groups is 2. The molecule has 0 radical (unpaired) electrons. The van der Waals surface area contributed by atoms with E-state index in [1.165, 1.54) is 4.57 Å². The fourth-order valence-corrected chi connectivity index (χ4v) is 3.63. The Hall–Kier alpha value is -2.88. The molecule has 0 saturated carbocycles. The normalized spacial score (nSPS) is 14.9. The van der Waals surface area contributed by atoms with Crippen LogP contribution in [0.4, 0.5) is 0 Å². The van der Waals surface area contributed by atoms with Crippen LogP contribution in [0.1, 0.15) is 32.8 Å². The van der Waals surface area contributed by atoms with Gasteiger partial charge in [-0.05, 0) is 25.6 Å². The number of aromatic nitrogens is 1. The maximum Gasteiger partial charge on any atom is 0.295 e. The molecule has 3 rings (SSSR count). The van der Waals surface area contributed by atoms with Crippen LogP contribution in [0.15, 0.2) is 36.5 Å². The summed E-state index contributed by atoms with van der Waals surface area (Å²) in [6.45, 7) is 5.86. The number of hydroxylamine groups is 1. The molecular formula is C22H31N5O4. The zero-order valence-corrected chi connectivity index (χ0v) is 18.1. The van der Waals surface area contributed by atoms with Crippen LogP contribution in [0.5, 0.6) is 5.75 Å². The van der Waals surface area contributed by atoms with Crippen molar-refractivity contribution in [3.05, 3.63) is 53.3 Å². The van der Waals surface area contributed by atoms with E-state index < -0.39 is 5.91 Å². The minimum Gasteiger partial charge on any atom is -0.486 e. The summed E-state index contributed by atoms with van der Waals surface area (Å²) in [5, 5.41) is 12.0. The third-order valence-corrected chi connectivity index (χ3v) is 5.45. The second kappa shape index (κ2) is 10.9. The summed E-state index contributed by atoms with van der Waals surface area (Å²) >= 11 is 0. The molecule has 1 aromatic heterocycles. The highest BCUT2D eigenvalue weighted by molar-refractivity contribution is 6.03. The highest BCUT2D eigenvalue weighted by Crippen LogP contribution is 2.27. The Morgan fingerprint density at radius 2 is 1.77 bits per heavy atom. The molecule has 1 aliphatic heterocycles. The zero-order valence-electron chi connectivity index (χ0n) is 18.1. The molecular weight excluding hydrogens is 398 g/mol. The molecule has 0 unspecified atom stereocenters. The first kappa shape index (κ1) is 22.8.